The predicted octanol–water partition coefficient (Wildman–Crippen LogP) is 9.88. The highest BCUT2D eigenvalue weighted by Gasteiger charge is 2.17. The average molecular weight is 596 g/mol. The molecule has 0 atom stereocenters. The lowest BCUT2D eigenvalue weighted by atomic mass is 10.0. The molecular formula is C33H39ClNO5P. The van der Waals surface area contributed by atoms with Crippen molar-refractivity contribution >= 4 is 26.7 Å². The highest BCUT2D eigenvalue weighted by molar-refractivity contribution is 7.41. The Morgan fingerprint density at radius 3 is 1.78 bits per heavy atom. The molecule has 4 aromatic rings. The topological polar surface area (TPSA) is 70.8 Å². The third-order valence-corrected chi connectivity index (χ3v) is 7.52. The van der Waals surface area contributed by atoms with E-state index < -0.39 is 8.60 Å². The van der Waals surface area contributed by atoms with Gasteiger partial charge >= 0.3 is 8.60 Å². The quantitative estimate of drug-likeness (QED) is 0.101. The molecular weight excluding hydrogens is 557 g/mol. The fourth-order valence-electron chi connectivity index (χ4n) is 4.31. The van der Waals surface area contributed by atoms with Crippen LogP contribution in [0, 0.1) is 24.0 Å². The normalized spacial score (nSPS) is 10.8. The number of nitrogens with zero attached hydrogens (tertiary/aromatic N) is 1. The van der Waals surface area contributed by atoms with Crippen LogP contribution in [0.3, 0.4) is 0 Å². The van der Waals surface area contributed by atoms with E-state index in [-0.39, 0.29) is 23.0 Å². The second-order valence-corrected chi connectivity index (χ2v) is 10.3. The summed E-state index contributed by atoms with van der Waals surface area (Å²) in [6, 6.07) is 29.9. The molecule has 0 saturated carbocycles. The van der Waals surface area contributed by atoms with E-state index in [4.69, 9.17) is 13.6 Å². The van der Waals surface area contributed by atoms with Crippen molar-refractivity contribution < 1.29 is 18.5 Å². The standard InChI is InChI=1S/C14H12.C13H11NO2.C6H15O3P.ClH/c1-10-6-7-14-12(8-10)9-11-4-2-3-5-13(11)14;1-10-6-8-11(9-7-10)12-4-2-3-5-13(12)14(15)16;1-4-7-10(8-5-2)9-6-3;/h2-8H,9H2,1H3;2-9H,1H3;4-6H2,1-3H3;1H. The van der Waals surface area contributed by atoms with Gasteiger partial charge in [-0.05, 0) is 74.9 Å². The number of fused-ring (bicyclic) bond motifs is 3. The number of aryl methyl sites for hydroxylation is 2. The van der Waals surface area contributed by atoms with Crippen molar-refractivity contribution in [1.82, 2.24) is 0 Å². The summed E-state index contributed by atoms with van der Waals surface area (Å²) in [5.41, 5.74) is 9.96. The van der Waals surface area contributed by atoms with Crippen molar-refractivity contribution in [3.05, 3.63) is 123 Å². The maximum atomic E-state index is 10.9. The van der Waals surface area contributed by atoms with Gasteiger partial charge in [-0.1, -0.05) is 90.0 Å². The molecule has 1 aliphatic rings. The Labute approximate surface area is 251 Å². The third-order valence-electron chi connectivity index (χ3n) is 6.12. The molecule has 0 N–H and O–H groups in total. The van der Waals surface area contributed by atoms with Crippen LogP contribution in [0.5, 0.6) is 0 Å². The SMILES string of the molecule is CCOP(OCC)OCC.Cc1ccc(-c2ccccc2[N+](=O)[O-])cc1.Cc1ccc2c(c1)Cc1ccccc1-2.Cl. The van der Waals surface area contributed by atoms with Gasteiger partial charge in [0.15, 0.2) is 0 Å². The molecule has 218 valence electrons. The Hall–Kier alpha value is -3.12. The highest BCUT2D eigenvalue weighted by Crippen LogP contribution is 2.39. The monoisotopic (exact) mass is 595 g/mol. The number of halogens is 1. The van der Waals surface area contributed by atoms with Crippen LogP contribution in [-0.4, -0.2) is 24.7 Å². The molecule has 0 radical (unpaired) electrons. The van der Waals surface area contributed by atoms with Gasteiger partial charge in [-0.3, -0.25) is 10.1 Å². The molecule has 0 amide bonds. The fraction of sp³-hybridized carbons (Fsp3) is 0.273. The molecule has 0 fully saturated rings. The van der Waals surface area contributed by atoms with Crippen molar-refractivity contribution in [3.63, 3.8) is 0 Å². The summed E-state index contributed by atoms with van der Waals surface area (Å²) in [7, 11) is -1.06. The van der Waals surface area contributed by atoms with Crippen molar-refractivity contribution in [2.75, 3.05) is 19.8 Å². The number of hydrogen-bond donors (Lipinski definition) is 0. The summed E-state index contributed by atoms with van der Waals surface area (Å²) in [5, 5.41) is 10.9. The van der Waals surface area contributed by atoms with E-state index >= 15 is 0 Å². The minimum atomic E-state index is -1.06. The van der Waals surface area contributed by atoms with Crippen LogP contribution in [0.1, 0.15) is 43.0 Å². The zero-order chi connectivity index (χ0) is 28.9. The Bertz CT molecular complexity index is 1370. The maximum Gasteiger partial charge on any atom is 0.332 e. The van der Waals surface area contributed by atoms with Crippen molar-refractivity contribution in [1.29, 1.82) is 0 Å². The van der Waals surface area contributed by atoms with Crippen LogP contribution in [0.4, 0.5) is 5.69 Å². The lowest BCUT2D eigenvalue weighted by molar-refractivity contribution is -0.384. The Kier molecular flexibility index (Phi) is 14.7. The Morgan fingerprint density at radius 1 is 0.683 bits per heavy atom. The number of hydrogen-bond acceptors (Lipinski definition) is 5. The van der Waals surface area contributed by atoms with E-state index in [2.05, 4.69) is 49.4 Å². The minimum Gasteiger partial charge on any atom is -0.313 e. The Balaban J connectivity index is 0.000000219. The van der Waals surface area contributed by atoms with Crippen LogP contribution in [0.15, 0.2) is 91.0 Å². The molecule has 41 heavy (non-hydrogen) atoms. The second-order valence-electron chi connectivity index (χ2n) is 9.11. The number of benzene rings is 4. The molecule has 5 rings (SSSR count). The molecule has 0 spiro atoms. The lowest BCUT2D eigenvalue weighted by Crippen LogP contribution is -1.94. The van der Waals surface area contributed by atoms with Crippen molar-refractivity contribution in [2.45, 2.75) is 41.0 Å². The summed E-state index contributed by atoms with van der Waals surface area (Å²) in [6.07, 6.45) is 1.10. The molecule has 0 bridgehead atoms. The maximum absolute atomic E-state index is 10.9. The molecule has 6 nitrogen and oxygen atoms in total. The van der Waals surface area contributed by atoms with Crippen LogP contribution in [0.25, 0.3) is 22.3 Å². The molecule has 0 aromatic heterocycles. The van der Waals surface area contributed by atoms with E-state index in [0.29, 0.717) is 25.4 Å². The number of nitro benzene ring substituents is 1. The minimum absolute atomic E-state index is 0. The summed E-state index contributed by atoms with van der Waals surface area (Å²) in [4.78, 5) is 10.5. The van der Waals surface area contributed by atoms with Gasteiger partial charge in [0.2, 0.25) is 0 Å². The van der Waals surface area contributed by atoms with Gasteiger partial charge in [0.05, 0.1) is 30.3 Å². The van der Waals surface area contributed by atoms with Gasteiger partial charge in [0.1, 0.15) is 0 Å². The highest BCUT2D eigenvalue weighted by atomic mass is 35.5. The number of rotatable bonds is 8. The largest absolute Gasteiger partial charge is 0.332 e. The molecule has 8 heteroatoms. The van der Waals surface area contributed by atoms with E-state index in [9.17, 15) is 10.1 Å². The summed E-state index contributed by atoms with van der Waals surface area (Å²) in [6.45, 7) is 11.9. The Morgan fingerprint density at radius 2 is 1.20 bits per heavy atom. The van der Waals surface area contributed by atoms with Crippen molar-refractivity contribution in [3.8, 4) is 22.3 Å². The summed E-state index contributed by atoms with van der Waals surface area (Å²) >= 11 is 0. The van der Waals surface area contributed by atoms with E-state index in [1.165, 1.54) is 33.9 Å². The third kappa shape index (κ3) is 10.0. The summed E-state index contributed by atoms with van der Waals surface area (Å²) < 4.78 is 15.4. The van der Waals surface area contributed by atoms with E-state index in [1.54, 1.807) is 12.1 Å². The van der Waals surface area contributed by atoms with Crippen LogP contribution < -0.4 is 0 Å². The average Bonchev–Trinajstić information content (AvgIpc) is 3.32. The van der Waals surface area contributed by atoms with Gasteiger partial charge in [-0.2, -0.15) is 0 Å². The second kappa shape index (κ2) is 17.6. The van der Waals surface area contributed by atoms with Gasteiger partial charge < -0.3 is 13.6 Å². The van der Waals surface area contributed by atoms with Gasteiger partial charge in [-0.25, -0.2) is 0 Å². The van der Waals surface area contributed by atoms with Crippen LogP contribution >= 0.6 is 21.0 Å². The zero-order valence-corrected chi connectivity index (χ0v) is 26.0. The van der Waals surface area contributed by atoms with Gasteiger partial charge in [-0.15, -0.1) is 12.4 Å². The van der Waals surface area contributed by atoms with Gasteiger partial charge in [0.25, 0.3) is 5.69 Å². The molecule has 0 aliphatic heterocycles. The first-order valence-electron chi connectivity index (χ1n) is 13.5. The van der Waals surface area contributed by atoms with E-state index in [0.717, 1.165) is 17.5 Å². The summed E-state index contributed by atoms with van der Waals surface area (Å²) in [5.74, 6) is 0. The lowest BCUT2D eigenvalue weighted by Gasteiger charge is -2.12. The molecule has 0 saturated heterocycles. The van der Waals surface area contributed by atoms with Crippen molar-refractivity contribution in [2.24, 2.45) is 0 Å². The fourth-order valence-corrected chi connectivity index (χ4v) is 5.17. The predicted molar refractivity (Wildman–Crippen MR) is 172 cm³/mol. The first-order valence-corrected chi connectivity index (χ1v) is 14.6. The first kappa shape index (κ1) is 34.1. The molecule has 0 unspecified atom stereocenters. The van der Waals surface area contributed by atoms with Crippen LogP contribution in [-0.2, 0) is 20.0 Å². The first-order chi connectivity index (χ1) is 19.4. The molecule has 4 aromatic carbocycles. The molecule has 1 aliphatic carbocycles. The smallest absolute Gasteiger partial charge is 0.313 e. The zero-order valence-electron chi connectivity index (χ0n) is 24.3. The number of para-hydroxylation sites is 1. The van der Waals surface area contributed by atoms with E-state index in [1.807, 2.05) is 58.0 Å². The molecule has 0 heterocycles. The number of nitro groups is 1. The van der Waals surface area contributed by atoms with Gasteiger partial charge in [0, 0.05) is 6.07 Å². The van der Waals surface area contributed by atoms with Crippen LogP contribution in [0.2, 0.25) is 0 Å².